The highest BCUT2D eigenvalue weighted by molar-refractivity contribution is 9.10. The van der Waals surface area contributed by atoms with E-state index in [-0.39, 0.29) is 0 Å². The zero-order valence-corrected chi connectivity index (χ0v) is 13.1. The molecule has 0 spiro atoms. The smallest absolute Gasteiger partial charge is 0.111 e. The van der Waals surface area contributed by atoms with Gasteiger partial charge >= 0.3 is 0 Å². The molecule has 0 saturated heterocycles. The van der Waals surface area contributed by atoms with Crippen molar-refractivity contribution >= 4 is 15.9 Å². The first-order valence-electron chi connectivity index (χ1n) is 6.47. The van der Waals surface area contributed by atoms with Crippen molar-refractivity contribution in [1.82, 2.24) is 9.55 Å². The van der Waals surface area contributed by atoms with Gasteiger partial charge in [0.1, 0.15) is 5.82 Å². The van der Waals surface area contributed by atoms with Gasteiger partial charge in [-0.15, -0.1) is 0 Å². The monoisotopic (exact) mass is 322 g/mol. The Morgan fingerprint density at radius 2 is 1.95 bits per heavy atom. The Bertz CT molecular complexity index is 554. The fourth-order valence-electron chi connectivity index (χ4n) is 2.28. The van der Waals surface area contributed by atoms with E-state index in [0.29, 0.717) is 6.42 Å². The number of halogens is 1. The Balaban J connectivity index is 2.23. The first-order valence-corrected chi connectivity index (χ1v) is 7.27. The summed E-state index contributed by atoms with van der Waals surface area (Å²) in [6.45, 7) is 7.03. The van der Waals surface area contributed by atoms with Crippen LogP contribution in [0.25, 0.3) is 0 Å². The summed E-state index contributed by atoms with van der Waals surface area (Å²) >= 11 is 3.55. The molecule has 0 radical (unpaired) electrons. The molecule has 1 aromatic heterocycles. The predicted molar refractivity (Wildman–Crippen MR) is 80.2 cm³/mol. The molecule has 1 heterocycles. The number of aromatic nitrogens is 2. The minimum Gasteiger partial charge on any atom is -0.388 e. The Kier molecular flexibility index (Phi) is 4.42. The summed E-state index contributed by atoms with van der Waals surface area (Å²) in [5, 5.41) is 10.4. The molecule has 0 aliphatic carbocycles. The molecule has 0 bridgehead atoms. The van der Waals surface area contributed by atoms with E-state index < -0.39 is 6.10 Å². The summed E-state index contributed by atoms with van der Waals surface area (Å²) < 4.78 is 3.17. The summed E-state index contributed by atoms with van der Waals surface area (Å²) in [7, 11) is 0. The van der Waals surface area contributed by atoms with E-state index in [1.54, 1.807) is 6.20 Å². The maximum absolute atomic E-state index is 10.4. The van der Waals surface area contributed by atoms with E-state index in [2.05, 4.69) is 32.4 Å². The molecule has 0 aliphatic rings. The molecular weight excluding hydrogens is 304 g/mol. The lowest BCUT2D eigenvalue weighted by molar-refractivity contribution is 0.174. The highest BCUT2D eigenvalue weighted by Crippen LogP contribution is 2.27. The number of rotatable bonds is 4. The first kappa shape index (κ1) is 14.3. The van der Waals surface area contributed by atoms with Crippen LogP contribution in [0.5, 0.6) is 0 Å². The normalized spacial score (nSPS) is 12.7. The van der Waals surface area contributed by atoms with Crippen molar-refractivity contribution in [2.75, 3.05) is 0 Å². The van der Waals surface area contributed by atoms with Gasteiger partial charge in [-0.1, -0.05) is 28.1 Å². The molecule has 0 fully saturated rings. The molecular formula is C15H19BrN2O. The van der Waals surface area contributed by atoms with Crippen molar-refractivity contribution in [2.24, 2.45) is 0 Å². The van der Waals surface area contributed by atoms with Crippen LogP contribution >= 0.6 is 15.9 Å². The van der Waals surface area contributed by atoms with Crippen LogP contribution in [0.2, 0.25) is 0 Å². The number of hydrogen-bond acceptors (Lipinski definition) is 2. The molecule has 3 nitrogen and oxygen atoms in total. The highest BCUT2D eigenvalue weighted by Gasteiger charge is 2.14. The van der Waals surface area contributed by atoms with Gasteiger partial charge in [0.2, 0.25) is 0 Å². The fourth-order valence-corrected chi connectivity index (χ4v) is 2.51. The van der Waals surface area contributed by atoms with E-state index in [0.717, 1.165) is 33.5 Å². The average Bonchev–Trinajstić information content (AvgIpc) is 2.82. The predicted octanol–water partition coefficient (Wildman–Crippen LogP) is 3.56. The SMILES string of the molecule is CCn1ccnc1CC(O)c1cc(C)c(Br)c(C)c1. The zero-order chi connectivity index (χ0) is 14.0. The van der Waals surface area contributed by atoms with Crippen LogP contribution < -0.4 is 0 Å². The van der Waals surface area contributed by atoms with Gasteiger partial charge in [0.05, 0.1) is 6.10 Å². The fraction of sp³-hybridized carbons (Fsp3) is 0.400. The number of nitrogens with zero attached hydrogens (tertiary/aromatic N) is 2. The molecule has 0 saturated carbocycles. The molecule has 1 aromatic carbocycles. The van der Waals surface area contributed by atoms with E-state index in [1.807, 2.05) is 32.2 Å². The number of benzene rings is 1. The third kappa shape index (κ3) is 3.07. The average molecular weight is 323 g/mol. The van der Waals surface area contributed by atoms with Crippen LogP contribution in [-0.4, -0.2) is 14.7 Å². The lowest BCUT2D eigenvalue weighted by Gasteiger charge is -2.14. The second-order valence-corrected chi connectivity index (χ2v) is 5.61. The van der Waals surface area contributed by atoms with Gasteiger partial charge in [-0.3, -0.25) is 0 Å². The summed E-state index contributed by atoms with van der Waals surface area (Å²) in [6.07, 6.45) is 3.75. The molecule has 2 aromatic rings. The minimum absolute atomic E-state index is 0.516. The van der Waals surface area contributed by atoms with E-state index in [4.69, 9.17) is 0 Å². The van der Waals surface area contributed by atoms with Crippen LogP contribution in [-0.2, 0) is 13.0 Å². The van der Waals surface area contributed by atoms with E-state index >= 15 is 0 Å². The van der Waals surface area contributed by atoms with Crippen LogP contribution in [0.15, 0.2) is 29.0 Å². The Labute approximate surface area is 122 Å². The van der Waals surface area contributed by atoms with Crippen molar-refractivity contribution in [2.45, 2.75) is 39.8 Å². The van der Waals surface area contributed by atoms with E-state index in [9.17, 15) is 5.11 Å². The molecule has 1 atom stereocenters. The second-order valence-electron chi connectivity index (χ2n) is 4.82. The molecule has 0 amide bonds. The van der Waals surface area contributed by atoms with Gasteiger partial charge < -0.3 is 9.67 Å². The van der Waals surface area contributed by atoms with Gasteiger partial charge in [0.25, 0.3) is 0 Å². The lowest BCUT2D eigenvalue weighted by atomic mass is 10.0. The van der Waals surface area contributed by atoms with Crippen LogP contribution in [0.3, 0.4) is 0 Å². The third-order valence-corrected chi connectivity index (χ3v) is 4.61. The maximum Gasteiger partial charge on any atom is 0.111 e. The van der Waals surface area contributed by atoms with Crippen molar-refractivity contribution in [3.8, 4) is 0 Å². The molecule has 19 heavy (non-hydrogen) atoms. The standard InChI is InChI=1S/C15H19BrN2O/c1-4-18-6-5-17-14(18)9-13(19)12-7-10(2)15(16)11(3)8-12/h5-8,13,19H,4,9H2,1-3H3. The molecule has 102 valence electrons. The van der Waals surface area contributed by atoms with Gasteiger partial charge in [-0.25, -0.2) is 4.98 Å². The van der Waals surface area contributed by atoms with Crippen molar-refractivity contribution in [3.63, 3.8) is 0 Å². The molecule has 1 N–H and O–H groups in total. The second kappa shape index (κ2) is 5.88. The van der Waals surface area contributed by atoms with Gasteiger partial charge in [0.15, 0.2) is 0 Å². The topological polar surface area (TPSA) is 38.0 Å². The van der Waals surface area contributed by atoms with Gasteiger partial charge in [-0.05, 0) is 37.5 Å². The largest absolute Gasteiger partial charge is 0.388 e. The lowest BCUT2D eigenvalue weighted by Crippen LogP contribution is -2.08. The third-order valence-electron chi connectivity index (χ3n) is 3.36. The van der Waals surface area contributed by atoms with Gasteiger partial charge in [-0.2, -0.15) is 0 Å². The van der Waals surface area contributed by atoms with Gasteiger partial charge in [0, 0.05) is 29.8 Å². The van der Waals surface area contributed by atoms with Crippen LogP contribution in [0.4, 0.5) is 0 Å². The summed E-state index contributed by atoms with van der Waals surface area (Å²) in [6, 6.07) is 4.06. The molecule has 0 aliphatic heterocycles. The van der Waals surface area contributed by atoms with Crippen molar-refractivity contribution in [3.05, 3.63) is 51.5 Å². The molecule has 2 rings (SSSR count). The summed E-state index contributed by atoms with van der Waals surface area (Å²) in [5.41, 5.74) is 3.24. The van der Waals surface area contributed by atoms with Crippen molar-refractivity contribution in [1.29, 1.82) is 0 Å². The zero-order valence-electron chi connectivity index (χ0n) is 11.5. The number of hydrogen-bond donors (Lipinski definition) is 1. The molecule has 4 heteroatoms. The van der Waals surface area contributed by atoms with E-state index in [1.165, 1.54) is 0 Å². The number of aryl methyl sites for hydroxylation is 3. The Morgan fingerprint density at radius 3 is 2.53 bits per heavy atom. The maximum atomic E-state index is 10.4. The Morgan fingerprint density at radius 1 is 1.32 bits per heavy atom. The molecule has 1 unspecified atom stereocenters. The van der Waals surface area contributed by atoms with Crippen LogP contribution in [0.1, 0.15) is 35.5 Å². The number of aliphatic hydroxyl groups excluding tert-OH is 1. The Hall–Kier alpha value is -1.13. The van der Waals surface area contributed by atoms with Crippen molar-refractivity contribution < 1.29 is 5.11 Å². The first-order chi connectivity index (χ1) is 9.02. The summed E-state index contributed by atoms with van der Waals surface area (Å²) in [4.78, 5) is 4.31. The minimum atomic E-state index is -0.516. The highest BCUT2D eigenvalue weighted by atomic mass is 79.9. The number of imidazole rings is 1. The quantitative estimate of drug-likeness (QED) is 0.934. The van der Waals surface area contributed by atoms with Crippen LogP contribution in [0, 0.1) is 13.8 Å². The number of aliphatic hydroxyl groups is 1. The summed E-state index contributed by atoms with van der Waals surface area (Å²) in [5.74, 6) is 0.924.